The van der Waals surface area contributed by atoms with Crippen LogP contribution in [0.4, 0.5) is 4.79 Å². The molecule has 0 radical (unpaired) electrons. The lowest BCUT2D eigenvalue weighted by atomic mass is 9.45. The number of para-hydroxylation sites is 1. The van der Waals surface area contributed by atoms with Crippen molar-refractivity contribution in [1.29, 1.82) is 0 Å². The molecule has 67 heavy (non-hydrogen) atoms. The number of esters is 3. The summed E-state index contributed by atoms with van der Waals surface area (Å²) in [4.78, 5) is 62.1. The highest BCUT2D eigenvalue weighted by atomic mass is 16.7. The summed E-state index contributed by atoms with van der Waals surface area (Å²) in [6.45, 7) is 11.6. The SMILES string of the molecule is CC(=O)O[C@@]12CO[C@@H]1CC[C@]1(C)C2C(OC(=O)c2ccccc2)[C@]2(O)C[C@H](OC(=O)[C@H](O)[C@H](NC(=O)Oc3ccccc3)c3ccccn3)C(C)=C([C@H]3O[C@@H](CN4CCOCC4)O[C@H]31)C2(C)C. The third-order valence-corrected chi connectivity index (χ3v) is 15.1. The van der Waals surface area contributed by atoms with Gasteiger partial charge in [-0.05, 0) is 67.3 Å². The van der Waals surface area contributed by atoms with Crippen molar-refractivity contribution in [3.8, 4) is 5.75 Å². The maximum atomic E-state index is 14.5. The Balaban J connectivity index is 1.15. The van der Waals surface area contributed by atoms with Gasteiger partial charge in [-0.25, -0.2) is 14.4 Å². The van der Waals surface area contributed by atoms with Crippen molar-refractivity contribution in [2.24, 2.45) is 16.7 Å². The minimum Gasteiger partial charge on any atom is -0.456 e. The van der Waals surface area contributed by atoms with Gasteiger partial charge in [0.1, 0.15) is 41.8 Å². The molecule has 4 heterocycles. The lowest BCUT2D eigenvalue weighted by Gasteiger charge is -2.68. The Bertz CT molecular complexity index is 2350. The van der Waals surface area contributed by atoms with Crippen LogP contribution in [0.15, 0.2) is 96.2 Å². The molecule has 1 aromatic heterocycles. The standard InChI is InChI=1S/C50H59N3O14/c1-29-34(63-45(57)39(55)38(33-18-12-13-21-51-33)52-46(58)62-32-16-10-7-11-17-32)26-50(59)43(66-44(56)31-14-8-6-9-15-31)41-48(5,20-19-35-49(41,28-61-35)67-30(2)54)42-40(37(29)47(50,3)4)64-36(65-42)27-53-22-24-60-25-23-53/h6-18,21,34-36,38-43,55,59H,19-20,22-28H2,1-5H3,(H,52,58)/t34-,35+,36+,38+,39+,40+,41?,42+,43?,48+,49-,50+/m0/s1. The average molecular weight is 926 g/mol. The number of carbonyl (C=O) groups excluding carboxylic acids is 4. The number of hydrogen-bond donors (Lipinski definition) is 3. The van der Waals surface area contributed by atoms with E-state index >= 15 is 0 Å². The van der Waals surface area contributed by atoms with Crippen molar-refractivity contribution >= 4 is 24.0 Å². The van der Waals surface area contributed by atoms with Crippen LogP contribution in [0, 0.1) is 16.7 Å². The van der Waals surface area contributed by atoms with Crippen LogP contribution < -0.4 is 10.1 Å². The van der Waals surface area contributed by atoms with E-state index in [9.17, 15) is 29.4 Å². The number of ether oxygens (including phenoxy) is 8. The number of aromatic nitrogens is 1. The first-order chi connectivity index (χ1) is 32.1. The lowest BCUT2D eigenvalue weighted by Crippen LogP contribution is -2.79. The molecular formula is C50H59N3O14. The van der Waals surface area contributed by atoms with Crippen molar-refractivity contribution in [2.45, 2.75) is 114 Å². The fourth-order valence-corrected chi connectivity index (χ4v) is 11.7. The number of nitrogens with one attached hydrogen (secondary N) is 1. The summed E-state index contributed by atoms with van der Waals surface area (Å²) in [5.41, 5.74) is -4.29. The molecule has 12 atom stereocenters. The van der Waals surface area contributed by atoms with Crippen LogP contribution in [0.3, 0.4) is 0 Å². The van der Waals surface area contributed by atoms with Crippen LogP contribution in [0.1, 0.15) is 76.0 Å². The van der Waals surface area contributed by atoms with E-state index in [4.69, 9.17) is 37.9 Å². The maximum Gasteiger partial charge on any atom is 0.413 e. The summed E-state index contributed by atoms with van der Waals surface area (Å²) in [7, 11) is 0. The van der Waals surface area contributed by atoms with Gasteiger partial charge in [-0.3, -0.25) is 14.7 Å². The number of carbonyl (C=O) groups is 4. The van der Waals surface area contributed by atoms with Crippen molar-refractivity contribution in [3.05, 3.63) is 107 Å². The van der Waals surface area contributed by atoms with Gasteiger partial charge in [0.15, 0.2) is 18.0 Å². The normalized spacial score (nSPS) is 34.0. The van der Waals surface area contributed by atoms with E-state index in [1.54, 1.807) is 79.7 Å². The minimum absolute atomic E-state index is 0.0379. The van der Waals surface area contributed by atoms with Gasteiger partial charge in [0.25, 0.3) is 0 Å². The Kier molecular flexibility index (Phi) is 12.8. The Morgan fingerprint density at radius 1 is 0.940 bits per heavy atom. The van der Waals surface area contributed by atoms with Crippen molar-refractivity contribution in [3.63, 3.8) is 0 Å². The van der Waals surface area contributed by atoms with Gasteiger partial charge in [-0.15, -0.1) is 0 Å². The molecule has 17 heteroatoms. The molecular weight excluding hydrogens is 867 g/mol. The zero-order chi connectivity index (χ0) is 47.3. The Hall–Kier alpha value is -5.27. The van der Waals surface area contributed by atoms with E-state index in [-0.39, 0.29) is 30.0 Å². The molecule has 2 unspecified atom stereocenters. The molecule has 3 aromatic rings. The summed E-state index contributed by atoms with van der Waals surface area (Å²) < 4.78 is 50.8. The van der Waals surface area contributed by atoms with Crippen molar-refractivity contribution in [2.75, 3.05) is 39.5 Å². The van der Waals surface area contributed by atoms with E-state index in [1.807, 2.05) is 20.8 Å². The second-order valence-corrected chi connectivity index (χ2v) is 19.3. The Morgan fingerprint density at radius 3 is 2.30 bits per heavy atom. The number of fused-ring (bicyclic) bond motifs is 8. The number of nitrogens with zero attached hydrogens (tertiary/aromatic N) is 2. The molecule has 0 spiro atoms. The largest absolute Gasteiger partial charge is 0.456 e. The van der Waals surface area contributed by atoms with Crippen LogP contribution in [-0.4, -0.2) is 138 Å². The van der Waals surface area contributed by atoms with Gasteiger partial charge in [0.05, 0.1) is 43.1 Å². The van der Waals surface area contributed by atoms with E-state index in [2.05, 4.69) is 15.2 Å². The van der Waals surface area contributed by atoms with E-state index in [0.717, 1.165) is 0 Å². The number of amides is 1. The van der Waals surface area contributed by atoms with Crippen LogP contribution in [0.2, 0.25) is 0 Å². The van der Waals surface area contributed by atoms with Crippen molar-refractivity contribution < 1.29 is 67.3 Å². The Labute approximate surface area is 389 Å². The number of aliphatic hydroxyl groups is 2. The summed E-state index contributed by atoms with van der Waals surface area (Å²) in [5, 5.41) is 28.5. The monoisotopic (exact) mass is 925 g/mol. The number of benzene rings is 2. The highest BCUT2D eigenvalue weighted by Crippen LogP contribution is 2.66. The zero-order valence-electron chi connectivity index (χ0n) is 38.3. The molecule has 3 aliphatic heterocycles. The molecule has 3 N–H and O–H groups in total. The molecule has 3 aliphatic carbocycles. The predicted octanol–water partition coefficient (Wildman–Crippen LogP) is 4.46. The summed E-state index contributed by atoms with van der Waals surface area (Å²) in [5.74, 6) is -3.18. The van der Waals surface area contributed by atoms with Crippen LogP contribution in [0.25, 0.3) is 0 Å². The summed E-state index contributed by atoms with van der Waals surface area (Å²) in [6, 6.07) is 20.1. The number of morpholine rings is 1. The summed E-state index contributed by atoms with van der Waals surface area (Å²) in [6.07, 6.45) is -6.62. The van der Waals surface area contributed by atoms with E-state index < -0.39 is 101 Å². The van der Waals surface area contributed by atoms with E-state index in [1.165, 1.54) is 19.2 Å². The molecule has 3 saturated heterocycles. The number of aliphatic hydroxyl groups excluding tert-OH is 1. The molecule has 9 rings (SSSR count). The molecule has 2 aromatic carbocycles. The van der Waals surface area contributed by atoms with Gasteiger partial charge in [-0.2, -0.15) is 0 Å². The highest BCUT2D eigenvalue weighted by molar-refractivity contribution is 5.89. The molecule has 5 fully saturated rings. The minimum atomic E-state index is -2.09. The maximum absolute atomic E-state index is 14.5. The predicted molar refractivity (Wildman–Crippen MR) is 236 cm³/mol. The molecule has 358 valence electrons. The molecule has 17 nitrogen and oxygen atoms in total. The molecule has 2 bridgehead atoms. The average Bonchev–Trinajstić information content (AvgIpc) is 3.72. The van der Waals surface area contributed by atoms with Gasteiger partial charge in [0, 0.05) is 50.0 Å². The molecule has 2 saturated carbocycles. The highest BCUT2D eigenvalue weighted by Gasteiger charge is 2.77. The topological polar surface area (TPSA) is 211 Å². The number of pyridine rings is 1. The molecule has 1 amide bonds. The third-order valence-electron chi connectivity index (χ3n) is 15.1. The first-order valence-corrected chi connectivity index (χ1v) is 23.0. The van der Waals surface area contributed by atoms with Crippen LogP contribution >= 0.6 is 0 Å². The fourth-order valence-electron chi connectivity index (χ4n) is 11.7. The van der Waals surface area contributed by atoms with Crippen molar-refractivity contribution in [1.82, 2.24) is 15.2 Å². The van der Waals surface area contributed by atoms with Crippen LogP contribution in [0.5, 0.6) is 5.75 Å². The second kappa shape index (κ2) is 18.3. The number of hydrogen-bond acceptors (Lipinski definition) is 16. The number of rotatable bonds is 11. The lowest BCUT2D eigenvalue weighted by molar-refractivity contribution is -0.345. The fraction of sp³-hybridized carbons (Fsp3) is 0.540. The first-order valence-electron chi connectivity index (χ1n) is 23.0. The zero-order valence-corrected chi connectivity index (χ0v) is 38.3. The third kappa shape index (κ3) is 8.42. The van der Waals surface area contributed by atoms with Gasteiger partial charge in [-0.1, -0.05) is 63.2 Å². The van der Waals surface area contributed by atoms with Gasteiger partial charge < -0.3 is 53.4 Å². The first kappa shape index (κ1) is 46.8. The summed E-state index contributed by atoms with van der Waals surface area (Å²) >= 11 is 0. The smallest absolute Gasteiger partial charge is 0.413 e. The van der Waals surface area contributed by atoms with Gasteiger partial charge >= 0.3 is 24.0 Å². The van der Waals surface area contributed by atoms with Crippen LogP contribution in [-0.2, 0) is 42.7 Å². The Morgan fingerprint density at radius 2 is 1.64 bits per heavy atom. The van der Waals surface area contributed by atoms with Gasteiger partial charge in [0.2, 0.25) is 0 Å². The second-order valence-electron chi connectivity index (χ2n) is 19.3. The van der Waals surface area contributed by atoms with E-state index in [0.29, 0.717) is 56.8 Å². The quantitative estimate of drug-likeness (QED) is 0.138. The molecule has 6 aliphatic rings.